The van der Waals surface area contributed by atoms with Crippen LogP contribution < -0.4 is 0 Å². The minimum absolute atomic E-state index is 0.00523. The normalized spacial score (nSPS) is 14.7. The lowest BCUT2D eigenvalue weighted by Gasteiger charge is -2.33. The van der Waals surface area contributed by atoms with E-state index < -0.39 is 53.8 Å². The average Bonchev–Trinajstić information content (AvgIpc) is 4.08. The van der Waals surface area contributed by atoms with Gasteiger partial charge >= 0.3 is 0 Å². The number of nitrogens with zero attached hydrogens (tertiary/aromatic N) is 4. The molecule has 9 aromatic carbocycles. The molecule has 63 heavy (non-hydrogen) atoms. The number of aromatic nitrogens is 4. The minimum Gasteiger partial charge on any atom is -0.309 e. The second-order valence-corrected chi connectivity index (χ2v) is 16.7. The average molecular weight is 829 g/mol. The monoisotopic (exact) mass is 828 g/mol. The highest BCUT2D eigenvalue weighted by atomic mass is 32.1. The maximum atomic E-state index is 9.31. The molecule has 0 amide bonds. The highest BCUT2D eigenvalue weighted by Crippen LogP contribution is 2.58. The van der Waals surface area contributed by atoms with E-state index >= 15 is 0 Å². The number of para-hydroxylation sites is 3. The number of benzene rings is 9. The lowest BCUT2D eigenvalue weighted by molar-refractivity contribution is 0.768. The third kappa shape index (κ3) is 5.24. The Labute approximate surface area is 379 Å². The van der Waals surface area contributed by atoms with E-state index in [1.54, 1.807) is 23.5 Å². The van der Waals surface area contributed by atoms with E-state index in [1.807, 2.05) is 48.5 Å². The Bertz CT molecular complexity index is 4110. The molecule has 0 spiro atoms. The van der Waals surface area contributed by atoms with Gasteiger partial charge in [0, 0.05) is 47.6 Å². The van der Waals surface area contributed by atoms with E-state index in [4.69, 9.17) is 23.2 Å². The number of rotatable bonds is 6. The Hall–Kier alpha value is -7.99. The fourth-order valence-corrected chi connectivity index (χ4v) is 11.1. The molecule has 0 bridgehead atoms. The summed E-state index contributed by atoms with van der Waals surface area (Å²) in [6.45, 7) is 0. The zero-order valence-corrected chi connectivity index (χ0v) is 34.2. The highest BCUT2D eigenvalue weighted by Gasteiger charge is 2.47. The van der Waals surface area contributed by atoms with Gasteiger partial charge in [-0.1, -0.05) is 182 Å². The van der Waals surface area contributed by atoms with Crippen LogP contribution in [0.2, 0.25) is 0 Å². The molecule has 4 nitrogen and oxygen atoms in total. The van der Waals surface area contributed by atoms with Crippen LogP contribution in [-0.2, 0) is 5.41 Å². The molecular weight excluding hydrogens is 785 g/mol. The van der Waals surface area contributed by atoms with Gasteiger partial charge in [0.25, 0.3) is 0 Å². The van der Waals surface area contributed by atoms with Crippen molar-refractivity contribution < 1.29 is 11.0 Å². The van der Waals surface area contributed by atoms with Gasteiger partial charge in [-0.2, -0.15) is 0 Å². The van der Waals surface area contributed by atoms with Gasteiger partial charge in [-0.25, -0.2) is 15.0 Å². The molecule has 0 N–H and O–H groups in total. The topological polar surface area (TPSA) is 43.6 Å². The summed E-state index contributed by atoms with van der Waals surface area (Å²) in [5.41, 5.74) is 8.09. The SMILES string of the molecule is [2H]c1c([2H])c([2H])c2c(c1[2H])c1c([2H])c([2H])c([2H])c([2H])c1n2-c1ccccc1-c1nc(-c2cccc3c2-c2ccccc2C3(c2ccccc2)c2ccccc2)nc(-c2cccc3c2sc2ccccc23)n1. The van der Waals surface area contributed by atoms with Crippen LogP contribution in [-0.4, -0.2) is 19.5 Å². The van der Waals surface area contributed by atoms with Crippen molar-refractivity contribution in [2.75, 3.05) is 0 Å². The number of fused-ring (bicyclic) bond motifs is 9. The van der Waals surface area contributed by atoms with Gasteiger partial charge in [-0.15, -0.1) is 11.3 Å². The maximum absolute atomic E-state index is 9.31. The van der Waals surface area contributed by atoms with E-state index in [-0.39, 0.29) is 27.6 Å². The largest absolute Gasteiger partial charge is 0.309 e. The van der Waals surface area contributed by atoms with Crippen molar-refractivity contribution in [3.63, 3.8) is 0 Å². The molecule has 0 fully saturated rings. The molecule has 5 heteroatoms. The van der Waals surface area contributed by atoms with Crippen molar-refractivity contribution in [3.8, 4) is 51.0 Å². The molecule has 13 rings (SSSR count). The number of thiophene rings is 1. The first-order valence-corrected chi connectivity index (χ1v) is 21.5. The van der Waals surface area contributed by atoms with Crippen molar-refractivity contribution in [2.45, 2.75) is 5.41 Å². The molecule has 0 aliphatic heterocycles. The van der Waals surface area contributed by atoms with Crippen LogP contribution >= 0.6 is 11.3 Å². The minimum atomic E-state index is -0.699. The lowest BCUT2D eigenvalue weighted by atomic mass is 9.67. The van der Waals surface area contributed by atoms with E-state index in [1.165, 1.54) is 4.57 Å². The van der Waals surface area contributed by atoms with Gasteiger partial charge in [0.1, 0.15) is 0 Å². The first-order chi connectivity index (χ1) is 34.6. The Kier molecular flexibility index (Phi) is 6.35. The zero-order valence-electron chi connectivity index (χ0n) is 41.4. The van der Waals surface area contributed by atoms with E-state index in [0.29, 0.717) is 22.9 Å². The standard InChI is InChI=1S/C58H36N4S/c1-3-19-37(20-4-1)58(38-21-5-2-6-22-38)47-31-12-7-26-43(47)53-45(29-18-32-48(53)58)56-59-55(60-57(61-56)46-30-17-28-42-41-25-11-16-36-52(41)63-54(42)46)44-27-10-15-35-51(44)62-49-33-13-8-23-39(49)40-24-9-14-34-50(40)62/h1-36H/i8D,9D,13D,14D,23D,24D,33D,34D. The number of hydrogen-bond acceptors (Lipinski definition) is 4. The molecule has 1 aliphatic rings. The van der Waals surface area contributed by atoms with Crippen LogP contribution in [0, 0.1) is 0 Å². The first-order valence-electron chi connectivity index (χ1n) is 24.7. The summed E-state index contributed by atoms with van der Waals surface area (Å²) in [6.07, 6.45) is 0. The van der Waals surface area contributed by atoms with Gasteiger partial charge in [-0.3, -0.25) is 0 Å². The van der Waals surface area contributed by atoms with Crippen molar-refractivity contribution in [2.24, 2.45) is 0 Å². The molecule has 3 heterocycles. The molecule has 0 unspecified atom stereocenters. The summed E-state index contributed by atoms with van der Waals surface area (Å²) in [4.78, 5) is 16.2. The van der Waals surface area contributed by atoms with E-state index in [9.17, 15) is 2.74 Å². The fourth-order valence-electron chi connectivity index (χ4n) is 9.86. The molecule has 0 atom stereocenters. The summed E-state index contributed by atoms with van der Waals surface area (Å²) in [5.74, 6) is 1.05. The van der Waals surface area contributed by atoms with Crippen molar-refractivity contribution in [3.05, 3.63) is 240 Å². The molecule has 0 radical (unpaired) electrons. The summed E-state index contributed by atoms with van der Waals surface area (Å²) < 4.78 is 75.4. The first kappa shape index (κ1) is 28.5. The van der Waals surface area contributed by atoms with Crippen LogP contribution in [0.3, 0.4) is 0 Å². The smallest absolute Gasteiger partial charge is 0.166 e. The van der Waals surface area contributed by atoms with Crippen LogP contribution in [0.25, 0.3) is 93.0 Å². The number of hydrogen-bond donors (Lipinski definition) is 0. The summed E-state index contributed by atoms with van der Waals surface area (Å²) in [5, 5.41) is 2.15. The second kappa shape index (κ2) is 14.0. The Morgan fingerprint density at radius 2 is 0.921 bits per heavy atom. The second-order valence-electron chi connectivity index (χ2n) is 15.6. The highest BCUT2D eigenvalue weighted by molar-refractivity contribution is 7.26. The maximum Gasteiger partial charge on any atom is 0.166 e. The van der Waals surface area contributed by atoms with E-state index in [0.717, 1.165) is 64.7 Å². The van der Waals surface area contributed by atoms with Crippen LogP contribution in [0.15, 0.2) is 218 Å². The molecule has 294 valence electrons. The predicted molar refractivity (Wildman–Crippen MR) is 261 cm³/mol. The summed E-state index contributed by atoms with van der Waals surface area (Å²) in [6, 6.07) is 53.9. The Morgan fingerprint density at radius 1 is 0.413 bits per heavy atom. The Morgan fingerprint density at radius 3 is 1.65 bits per heavy atom. The summed E-state index contributed by atoms with van der Waals surface area (Å²) >= 11 is 1.66. The molecule has 12 aromatic rings. The van der Waals surface area contributed by atoms with Crippen LogP contribution in [0.5, 0.6) is 0 Å². The van der Waals surface area contributed by atoms with Gasteiger partial charge < -0.3 is 4.57 Å². The van der Waals surface area contributed by atoms with Gasteiger partial charge in [0.2, 0.25) is 0 Å². The third-order valence-corrected chi connectivity index (χ3v) is 13.6. The van der Waals surface area contributed by atoms with Crippen LogP contribution in [0.1, 0.15) is 33.2 Å². The molecule has 1 aliphatic carbocycles. The third-order valence-electron chi connectivity index (χ3n) is 12.4. The Balaban J connectivity index is 1.15. The summed E-state index contributed by atoms with van der Waals surface area (Å²) in [7, 11) is 0. The molecular formula is C58H36N4S. The van der Waals surface area contributed by atoms with Gasteiger partial charge in [0.15, 0.2) is 17.5 Å². The predicted octanol–water partition coefficient (Wildman–Crippen LogP) is 14.7. The molecule has 3 aromatic heterocycles. The van der Waals surface area contributed by atoms with Crippen molar-refractivity contribution in [1.29, 1.82) is 0 Å². The lowest BCUT2D eigenvalue weighted by Crippen LogP contribution is -2.28. The molecule has 0 saturated carbocycles. The fraction of sp³-hybridized carbons (Fsp3) is 0.0172. The van der Waals surface area contributed by atoms with Crippen LogP contribution in [0.4, 0.5) is 0 Å². The quantitative estimate of drug-likeness (QED) is 0.168. The van der Waals surface area contributed by atoms with Gasteiger partial charge in [-0.05, 0) is 69.7 Å². The van der Waals surface area contributed by atoms with Crippen molar-refractivity contribution in [1.82, 2.24) is 19.5 Å². The van der Waals surface area contributed by atoms with E-state index in [2.05, 4.69) is 109 Å². The van der Waals surface area contributed by atoms with Gasteiger partial charge in [0.05, 0.1) is 33.1 Å². The van der Waals surface area contributed by atoms with Crippen molar-refractivity contribution >= 4 is 53.3 Å². The molecule has 0 saturated heterocycles. The zero-order chi connectivity index (χ0) is 48.4.